The highest BCUT2D eigenvalue weighted by Gasteiger charge is 2.24. The van der Waals surface area contributed by atoms with E-state index in [0.29, 0.717) is 12.1 Å². The van der Waals surface area contributed by atoms with Gasteiger partial charge in [0.25, 0.3) is 0 Å². The second kappa shape index (κ2) is 7.09. The molecular formula is C17H28N2O. The first-order valence-corrected chi connectivity index (χ1v) is 7.80. The van der Waals surface area contributed by atoms with Crippen molar-refractivity contribution in [1.29, 1.82) is 0 Å². The van der Waals surface area contributed by atoms with Crippen LogP contribution in [-0.4, -0.2) is 43.2 Å². The number of hydrogen-bond donors (Lipinski definition) is 1. The van der Waals surface area contributed by atoms with E-state index in [1.54, 1.807) is 0 Å². The van der Waals surface area contributed by atoms with Crippen LogP contribution < -0.4 is 10.1 Å². The Bertz CT molecular complexity index is 431. The Kier molecular flexibility index (Phi) is 5.44. The van der Waals surface area contributed by atoms with Crippen molar-refractivity contribution in [2.75, 3.05) is 26.2 Å². The molecule has 0 aliphatic carbocycles. The van der Waals surface area contributed by atoms with Crippen molar-refractivity contribution in [1.82, 2.24) is 10.2 Å². The minimum Gasteiger partial charge on any atom is -0.488 e. The van der Waals surface area contributed by atoms with Crippen LogP contribution in [0.3, 0.4) is 0 Å². The molecule has 1 N–H and O–H groups in total. The third-order valence-electron chi connectivity index (χ3n) is 3.85. The number of likely N-dealkylation sites (N-methyl/N-ethyl adjacent to an activating group) is 1. The Hall–Kier alpha value is -1.06. The van der Waals surface area contributed by atoms with Crippen LogP contribution >= 0.6 is 0 Å². The predicted molar refractivity (Wildman–Crippen MR) is 84.6 cm³/mol. The van der Waals surface area contributed by atoms with Gasteiger partial charge in [-0.15, -0.1) is 0 Å². The number of rotatable bonds is 7. The summed E-state index contributed by atoms with van der Waals surface area (Å²) in [4.78, 5) is 2.47. The van der Waals surface area contributed by atoms with Crippen molar-refractivity contribution in [3.8, 4) is 5.75 Å². The quantitative estimate of drug-likeness (QED) is 0.828. The Balaban J connectivity index is 1.82. The van der Waals surface area contributed by atoms with Gasteiger partial charge >= 0.3 is 0 Å². The molecule has 1 unspecified atom stereocenters. The maximum atomic E-state index is 6.06. The lowest BCUT2D eigenvalue weighted by Gasteiger charge is -2.24. The van der Waals surface area contributed by atoms with E-state index in [2.05, 4.69) is 56.1 Å². The molecule has 20 heavy (non-hydrogen) atoms. The summed E-state index contributed by atoms with van der Waals surface area (Å²) in [5.41, 5.74) is 2.69. The topological polar surface area (TPSA) is 24.5 Å². The summed E-state index contributed by atoms with van der Waals surface area (Å²) >= 11 is 0. The molecule has 1 aliphatic rings. The minimum atomic E-state index is 0.311. The van der Waals surface area contributed by atoms with Crippen molar-refractivity contribution in [3.05, 3.63) is 29.3 Å². The first-order valence-electron chi connectivity index (χ1n) is 7.80. The maximum absolute atomic E-state index is 6.06. The van der Waals surface area contributed by atoms with E-state index in [9.17, 15) is 0 Å². The summed E-state index contributed by atoms with van der Waals surface area (Å²) in [6, 6.07) is 7.06. The van der Waals surface area contributed by atoms with Crippen LogP contribution in [0.5, 0.6) is 5.75 Å². The van der Waals surface area contributed by atoms with Crippen molar-refractivity contribution in [2.24, 2.45) is 0 Å². The smallest absolute Gasteiger partial charge is 0.123 e. The van der Waals surface area contributed by atoms with E-state index in [4.69, 9.17) is 4.74 Å². The zero-order valence-electron chi connectivity index (χ0n) is 13.3. The Morgan fingerprint density at radius 1 is 1.40 bits per heavy atom. The molecule has 0 amide bonds. The van der Waals surface area contributed by atoms with Crippen LogP contribution in [0, 0.1) is 6.92 Å². The molecule has 1 heterocycles. The zero-order chi connectivity index (χ0) is 14.5. The maximum Gasteiger partial charge on any atom is 0.123 e. The Morgan fingerprint density at radius 2 is 2.20 bits per heavy atom. The molecule has 0 saturated heterocycles. The SMILES string of the molecule is CCN(CCNC(C)C)CC1Cc2cc(C)ccc2O1. The second-order valence-corrected chi connectivity index (χ2v) is 6.06. The van der Waals surface area contributed by atoms with Crippen molar-refractivity contribution in [3.63, 3.8) is 0 Å². The van der Waals surface area contributed by atoms with Gasteiger partial charge in [-0.05, 0) is 25.1 Å². The van der Waals surface area contributed by atoms with Crippen molar-refractivity contribution < 1.29 is 4.74 Å². The van der Waals surface area contributed by atoms with Gasteiger partial charge in [-0.25, -0.2) is 0 Å². The molecule has 0 saturated carbocycles. The zero-order valence-corrected chi connectivity index (χ0v) is 13.3. The number of nitrogens with one attached hydrogen (secondary N) is 1. The minimum absolute atomic E-state index is 0.311. The highest BCUT2D eigenvalue weighted by molar-refractivity contribution is 5.40. The summed E-state index contributed by atoms with van der Waals surface area (Å²) in [5.74, 6) is 1.08. The van der Waals surface area contributed by atoms with Crippen LogP contribution in [-0.2, 0) is 6.42 Å². The fraction of sp³-hybridized carbons (Fsp3) is 0.647. The summed E-state index contributed by atoms with van der Waals surface area (Å²) in [6.07, 6.45) is 1.36. The molecule has 1 atom stereocenters. The molecule has 3 nitrogen and oxygen atoms in total. The van der Waals surface area contributed by atoms with E-state index in [-0.39, 0.29) is 0 Å². The molecule has 0 fully saturated rings. The molecule has 112 valence electrons. The fourth-order valence-electron chi connectivity index (χ4n) is 2.73. The van der Waals surface area contributed by atoms with Gasteiger partial charge in [0.15, 0.2) is 0 Å². The van der Waals surface area contributed by atoms with Gasteiger partial charge in [0, 0.05) is 32.1 Å². The lowest BCUT2D eigenvalue weighted by atomic mass is 10.1. The van der Waals surface area contributed by atoms with E-state index in [0.717, 1.165) is 38.3 Å². The molecule has 1 aliphatic heterocycles. The number of benzene rings is 1. The summed E-state index contributed by atoms with van der Waals surface area (Å²) < 4.78 is 6.06. The molecule has 0 spiro atoms. The summed E-state index contributed by atoms with van der Waals surface area (Å²) in [7, 11) is 0. The predicted octanol–water partition coefficient (Wildman–Crippen LogP) is 2.62. The van der Waals surface area contributed by atoms with Crippen LogP contribution in [0.15, 0.2) is 18.2 Å². The lowest BCUT2D eigenvalue weighted by molar-refractivity contribution is 0.154. The van der Waals surface area contributed by atoms with Crippen molar-refractivity contribution >= 4 is 0 Å². The highest BCUT2D eigenvalue weighted by atomic mass is 16.5. The van der Waals surface area contributed by atoms with Gasteiger partial charge in [0.1, 0.15) is 11.9 Å². The number of ether oxygens (including phenoxy) is 1. The fourth-order valence-corrected chi connectivity index (χ4v) is 2.73. The lowest BCUT2D eigenvalue weighted by Crippen LogP contribution is -2.40. The molecule has 0 radical (unpaired) electrons. The normalized spacial score (nSPS) is 17.6. The standard InChI is InChI=1S/C17H28N2O/c1-5-19(9-8-18-13(2)3)12-16-11-15-10-14(4)6-7-17(15)20-16/h6-7,10,13,16,18H,5,8-9,11-12H2,1-4H3. The average molecular weight is 276 g/mol. The van der Waals surface area contributed by atoms with E-state index in [1.807, 2.05) is 0 Å². The number of aryl methyl sites for hydroxylation is 1. The Labute approximate surface area is 123 Å². The number of fused-ring (bicyclic) bond motifs is 1. The van der Waals surface area contributed by atoms with Crippen molar-refractivity contribution in [2.45, 2.75) is 46.3 Å². The van der Waals surface area contributed by atoms with E-state index >= 15 is 0 Å². The van der Waals surface area contributed by atoms with Gasteiger partial charge in [0.2, 0.25) is 0 Å². The average Bonchev–Trinajstić information content (AvgIpc) is 2.78. The number of hydrogen-bond acceptors (Lipinski definition) is 3. The molecule has 0 aromatic heterocycles. The van der Waals surface area contributed by atoms with Crippen LogP contribution in [0.4, 0.5) is 0 Å². The number of nitrogens with zero attached hydrogens (tertiary/aromatic N) is 1. The van der Waals surface area contributed by atoms with Crippen LogP contribution in [0.2, 0.25) is 0 Å². The van der Waals surface area contributed by atoms with Gasteiger partial charge in [-0.3, -0.25) is 4.90 Å². The molecule has 2 rings (SSSR count). The second-order valence-electron chi connectivity index (χ2n) is 6.06. The third kappa shape index (κ3) is 4.22. The molecule has 0 bridgehead atoms. The summed E-state index contributed by atoms with van der Waals surface area (Å²) in [5, 5.41) is 3.48. The van der Waals surface area contributed by atoms with Gasteiger partial charge in [-0.2, -0.15) is 0 Å². The first-order chi connectivity index (χ1) is 9.58. The first kappa shape index (κ1) is 15.3. The highest BCUT2D eigenvalue weighted by Crippen LogP contribution is 2.29. The van der Waals surface area contributed by atoms with Gasteiger partial charge in [0.05, 0.1) is 0 Å². The Morgan fingerprint density at radius 3 is 2.90 bits per heavy atom. The summed E-state index contributed by atoms with van der Waals surface area (Å²) in [6.45, 7) is 13.0. The van der Waals surface area contributed by atoms with E-state index < -0.39 is 0 Å². The molecular weight excluding hydrogens is 248 g/mol. The molecule has 3 heteroatoms. The molecule has 1 aromatic rings. The van der Waals surface area contributed by atoms with Crippen LogP contribution in [0.1, 0.15) is 31.9 Å². The van der Waals surface area contributed by atoms with Gasteiger partial charge in [-0.1, -0.05) is 38.5 Å². The van der Waals surface area contributed by atoms with E-state index in [1.165, 1.54) is 11.1 Å². The van der Waals surface area contributed by atoms with Crippen LogP contribution in [0.25, 0.3) is 0 Å². The molecule has 1 aromatic carbocycles. The van der Waals surface area contributed by atoms with Gasteiger partial charge < -0.3 is 10.1 Å². The largest absolute Gasteiger partial charge is 0.488 e. The monoisotopic (exact) mass is 276 g/mol. The third-order valence-corrected chi connectivity index (χ3v) is 3.85.